The number of ether oxygens (including phenoxy) is 1. The first-order valence-electron chi connectivity index (χ1n) is 5.97. The fourth-order valence-corrected chi connectivity index (χ4v) is 2.10. The third kappa shape index (κ3) is 4.32. The maximum absolute atomic E-state index is 11.6. The van der Waals surface area contributed by atoms with Crippen molar-refractivity contribution < 1.29 is 13.2 Å². The molecule has 1 N–H and O–H groups in total. The van der Waals surface area contributed by atoms with Gasteiger partial charge in [-0.2, -0.15) is 0 Å². The van der Waals surface area contributed by atoms with Crippen LogP contribution in [0.2, 0.25) is 0 Å². The molecule has 0 fully saturated rings. The zero-order chi connectivity index (χ0) is 14.5. The Morgan fingerprint density at radius 2 is 2.05 bits per heavy atom. The standard InChI is InChI=1S/C11H20N4O3S/c1-5-18-11-9(2)10(13-8-14-11)12-6-7-19(16,17)15(3)4/h8H,5-7H2,1-4H3,(H,12,13,14). The van der Waals surface area contributed by atoms with E-state index in [1.54, 1.807) is 0 Å². The van der Waals surface area contributed by atoms with Gasteiger partial charge < -0.3 is 10.1 Å². The quantitative estimate of drug-likeness (QED) is 0.786. The Hall–Kier alpha value is -1.41. The molecule has 1 aromatic rings. The lowest BCUT2D eigenvalue weighted by Crippen LogP contribution is -2.28. The number of nitrogens with one attached hydrogen (secondary N) is 1. The molecule has 0 saturated carbocycles. The largest absolute Gasteiger partial charge is 0.478 e. The fraction of sp³-hybridized carbons (Fsp3) is 0.636. The molecule has 19 heavy (non-hydrogen) atoms. The lowest BCUT2D eigenvalue weighted by atomic mass is 10.3. The molecule has 0 spiro atoms. The summed E-state index contributed by atoms with van der Waals surface area (Å²) in [5.74, 6) is 1.11. The van der Waals surface area contributed by atoms with Gasteiger partial charge in [0.1, 0.15) is 12.1 Å². The lowest BCUT2D eigenvalue weighted by molar-refractivity contribution is 0.324. The molecule has 0 aliphatic carbocycles. The van der Waals surface area contributed by atoms with Gasteiger partial charge in [-0.15, -0.1) is 0 Å². The Labute approximate surface area is 114 Å². The normalized spacial score (nSPS) is 11.6. The molecule has 108 valence electrons. The monoisotopic (exact) mass is 288 g/mol. The van der Waals surface area contributed by atoms with Crippen molar-refractivity contribution in [2.45, 2.75) is 13.8 Å². The van der Waals surface area contributed by atoms with E-state index >= 15 is 0 Å². The second-order valence-electron chi connectivity index (χ2n) is 4.11. The lowest BCUT2D eigenvalue weighted by Gasteiger charge is -2.13. The number of sulfonamides is 1. The second kappa shape index (κ2) is 6.67. The number of nitrogens with zero attached hydrogens (tertiary/aromatic N) is 3. The highest BCUT2D eigenvalue weighted by Crippen LogP contribution is 2.19. The zero-order valence-electron chi connectivity index (χ0n) is 11.7. The van der Waals surface area contributed by atoms with Gasteiger partial charge in [0.25, 0.3) is 0 Å². The van der Waals surface area contributed by atoms with Gasteiger partial charge in [0.15, 0.2) is 0 Å². The van der Waals surface area contributed by atoms with Crippen LogP contribution in [0.15, 0.2) is 6.33 Å². The summed E-state index contributed by atoms with van der Waals surface area (Å²) in [5.41, 5.74) is 0.770. The third-order valence-corrected chi connectivity index (χ3v) is 4.36. The summed E-state index contributed by atoms with van der Waals surface area (Å²) in [7, 11) is -0.181. The third-order valence-electron chi connectivity index (χ3n) is 2.53. The van der Waals surface area contributed by atoms with Crippen LogP contribution in [0.25, 0.3) is 0 Å². The zero-order valence-corrected chi connectivity index (χ0v) is 12.5. The van der Waals surface area contributed by atoms with Gasteiger partial charge in [0, 0.05) is 20.6 Å². The molecule has 0 aliphatic rings. The number of hydrogen-bond acceptors (Lipinski definition) is 6. The number of rotatable bonds is 7. The van der Waals surface area contributed by atoms with Crippen LogP contribution in [0, 0.1) is 6.92 Å². The van der Waals surface area contributed by atoms with Crippen LogP contribution in [0.1, 0.15) is 12.5 Å². The van der Waals surface area contributed by atoms with Crippen molar-refractivity contribution in [1.29, 1.82) is 0 Å². The van der Waals surface area contributed by atoms with Crippen LogP contribution >= 0.6 is 0 Å². The van der Waals surface area contributed by atoms with Gasteiger partial charge in [-0.25, -0.2) is 22.7 Å². The first-order valence-corrected chi connectivity index (χ1v) is 7.58. The van der Waals surface area contributed by atoms with E-state index in [1.807, 2.05) is 13.8 Å². The van der Waals surface area contributed by atoms with Gasteiger partial charge in [-0.3, -0.25) is 0 Å². The van der Waals surface area contributed by atoms with Crippen molar-refractivity contribution in [1.82, 2.24) is 14.3 Å². The molecule has 7 nitrogen and oxygen atoms in total. The predicted octanol–water partition coefficient (Wildman–Crippen LogP) is 0.487. The first kappa shape index (κ1) is 15.6. The second-order valence-corrected chi connectivity index (χ2v) is 6.41. The topological polar surface area (TPSA) is 84.4 Å². The van der Waals surface area contributed by atoms with Crippen LogP contribution in [0.4, 0.5) is 5.82 Å². The van der Waals surface area contributed by atoms with Crippen LogP contribution in [-0.2, 0) is 10.0 Å². The molecule has 0 aromatic carbocycles. The average molecular weight is 288 g/mol. The molecule has 1 aromatic heterocycles. The van der Waals surface area contributed by atoms with Gasteiger partial charge >= 0.3 is 0 Å². The average Bonchev–Trinajstić information content (AvgIpc) is 2.33. The minimum atomic E-state index is -3.21. The minimum absolute atomic E-state index is 0.00735. The summed E-state index contributed by atoms with van der Waals surface area (Å²) >= 11 is 0. The molecule has 0 amide bonds. The number of hydrogen-bond donors (Lipinski definition) is 1. The van der Waals surface area contributed by atoms with E-state index < -0.39 is 10.0 Å². The van der Waals surface area contributed by atoms with E-state index in [-0.39, 0.29) is 12.3 Å². The Morgan fingerprint density at radius 1 is 1.37 bits per heavy atom. The Bertz CT molecular complexity index is 517. The van der Waals surface area contributed by atoms with Crippen LogP contribution in [-0.4, -0.2) is 55.7 Å². The van der Waals surface area contributed by atoms with E-state index in [4.69, 9.17) is 4.74 Å². The summed E-state index contributed by atoms with van der Waals surface area (Å²) in [6.45, 7) is 4.50. The summed E-state index contributed by atoms with van der Waals surface area (Å²) in [5, 5.41) is 2.99. The Morgan fingerprint density at radius 3 is 2.63 bits per heavy atom. The van der Waals surface area contributed by atoms with E-state index in [2.05, 4.69) is 15.3 Å². The van der Waals surface area contributed by atoms with Crippen LogP contribution in [0.3, 0.4) is 0 Å². The van der Waals surface area contributed by atoms with Crippen molar-refractivity contribution >= 4 is 15.8 Å². The summed E-state index contributed by atoms with van der Waals surface area (Å²) in [6.07, 6.45) is 1.39. The van der Waals surface area contributed by atoms with E-state index in [0.717, 1.165) is 5.56 Å². The molecule has 0 unspecified atom stereocenters. The SMILES string of the molecule is CCOc1ncnc(NCCS(=O)(=O)N(C)C)c1C. The summed E-state index contributed by atoms with van der Waals surface area (Å²) in [4.78, 5) is 8.09. The van der Waals surface area contributed by atoms with Gasteiger partial charge in [0.2, 0.25) is 15.9 Å². The van der Waals surface area contributed by atoms with Crippen molar-refractivity contribution in [3.05, 3.63) is 11.9 Å². The summed E-state index contributed by atoms with van der Waals surface area (Å²) < 4.78 is 29.8. The maximum atomic E-state index is 11.6. The maximum Gasteiger partial charge on any atom is 0.221 e. The first-order chi connectivity index (χ1) is 8.88. The minimum Gasteiger partial charge on any atom is -0.478 e. The van der Waals surface area contributed by atoms with Crippen molar-refractivity contribution in [2.75, 3.05) is 38.3 Å². The molecular formula is C11H20N4O3S. The highest BCUT2D eigenvalue weighted by atomic mass is 32.2. The predicted molar refractivity (Wildman–Crippen MR) is 73.9 cm³/mol. The number of aromatic nitrogens is 2. The fourth-order valence-electron chi connectivity index (χ4n) is 1.38. The Balaban J connectivity index is 2.66. The number of anilines is 1. The van der Waals surface area contributed by atoms with Gasteiger partial charge in [0.05, 0.1) is 17.9 Å². The van der Waals surface area contributed by atoms with Crippen molar-refractivity contribution in [2.24, 2.45) is 0 Å². The van der Waals surface area contributed by atoms with Crippen molar-refractivity contribution in [3.8, 4) is 5.88 Å². The Kier molecular flexibility index (Phi) is 5.49. The smallest absolute Gasteiger partial charge is 0.221 e. The molecule has 0 bridgehead atoms. The van der Waals surface area contributed by atoms with E-state index in [1.165, 1.54) is 24.7 Å². The molecule has 0 radical (unpaired) electrons. The highest BCUT2D eigenvalue weighted by Gasteiger charge is 2.14. The van der Waals surface area contributed by atoms with E-state index in [9.17, 15) is 8.42 Å². The molecule has 0 atom stereocenters. The molecule has 1 rings (SSSR count). The van der Waals surface area contributed by atoms with E-state index in [0.29, 0.717) is 18.3 Å². The molecule has 0 saturated heterocycles. The summed E-state index contributed by atoms with van der Waals surface area (Å²) in [6, 6.07) is 0. The molecule has 0 aliphatic heterocycles. The molecular weight excluding hydrogens is 268 g/mol. The van der Waals surface area contributed by atoms with Crippen LogP contribution in [0.5, 0.6) is 5.88 Å². The highest BCUT2D eigenvalue weighted by molar-refractivity contribution is 7.89. The van der Waals surface area contributed by atoms with Gasteiger partial charge in [-0.1, -0.05) is 0 Å². The van der Waals surface area contributed by atoms with Crippen molar-refractivity contribution in [3.63, 3.8) is 0 Å². The molecule has 8 heteroatoms. The molecule has 1 heterocycles. The van der Waals surface area contributed by atoms with Gasteiger partial charge in [-0.05, 0) is 13.8 Å². The van der Waals surface area contributed by atoms with Crippen LogP contribution < -0.4 is 10.1 Å².